The van der Waals surface area contributed by atoms with E-state index in [0.717, 1.165) is 53.8 Å². The predicted octanol–water partition coefficient (Wildman–Crippen LogP) is 5.99. The molecule has 0 fully saturated rings. The molecule has 1 aromatic heterocycles. The fraction of sp³-hybridized carbons (Fsp3) is 0. The van der Waals surface area contributed by atoms with Gasteiger partial charge in [-0.05, 0) is 84.9 Å². The van der Waals surface area contributed by atoms with Crippen molar-refractivity contribution in [1.29, 1.82) is 0 Å². The molecule has 0 aliphatic carbocycles. The molecule has 7 rings (SSSR count). The molecule has 0 atom stereocenters. The third kappa shape index (κ3) is 4.30. The minimum atomic E-state index is -2.91. The molecule has 0 aliphatic heterocycles. The summed E-state index contributed by atoms with van der Waals surface area (Å²) >= 11 is 0. The highest BCUT2D eigenvalue weighted by atomic mass is 31.2. The van der Waals surface area contributed by atoms with Crippen molar-refractivity contribution >= 4 is 68.7 Å². The van der Waals surface area contributed by atoms with Gasteiger partial charge in [0.05, 0.1) is 0 Å². The first-order valence-corrected chi connectivity index (χ1v) is 17.0. The predicted molar refractivity (Wildman–Crippen MR) is 176 cm³/mol. The fourth-order valence-electron chi connectivity index (χ4n) is 5.63. The van der Waals surface area contributed by atoms with Crippen molar-refractivity contribution < 1.29 is 14.2 Å². The van der Waals surface area contributed by atoms with Crippen LogP contribution in [0.3, 0.4) is 0 Å². The number of fused-ring (bicyclic) bond motifs is 3. The molecule has 41 heavy (non-hydrogen) atoms. The smallest absolute Gasteiger partial charge is 0.238 e. The Kier molecular flexibility index (Phi) is 6.54. The third-order valence-corrected chi connectivity index (χ3v) is 13.9. The zero-order valence-electron chi connectivity index (χ0n) is 22.2. The first-order chi connectivity index (χ1) is 20.1. The summed E-state index contributed by atoms with van der Waals surface area (Å²) in [6, 6.07) is 51.7. The van der Waals surface area contributed by atoms with Crippen LogP contribution in [-0.2, 0) is 0 Å². The molecule has 0 aliphatic rings. The Morgan fingerprint density at radius 1 is 0.341 bits per heavy atom. The highest BCUT2D eigenvalue weighted by molar-refractivity contribution is 7.91. The molecular formula is C36H28O3P2+2. The van der Waals surface area contributed by atoms with E-state index in [1.54, 1.807) is 0 Å². The van der Waals surface area contributed by atoms with Crippen LogP contribution in [0.25, 0.3) is 21.9 Å². The van der Waals surface area contributed by atoms with Gasteiger partial charge in [-0.2, -0.15) is 0 Å². The van der Waals surface area contributed by atoms with E-state index >= 15 is 0 Å². The highest BCUT2D eigenvalue weighted by Crippen LogP contribution is 2.53. The maximum atomic E-state index is 12.5. The first-order valence-electron chi connectivity index (χ1n) is 13.5. The maximum absolute atomic E-state index is 12.5. The Morgan fingerprint density at radius 2 is 0.634 bits per heavy atom. The molecular weight excluding hydrogens is 542 g/mol. The van der Waals surface area contributed by atoms with Crippen molar-refractivity contribution in [2.75, 3.05) is 0 Å². The Hall–Kier alpha value is -4.10. The number of rotatable bonds is 6. The van der Waals surface area contributed by atoms with Crippen LogP contribution in [0.15, 0.2) is 162 Å². The summed E-state index contributed by atoms with van der Waals surface area (Å²) in [5.74, 6) is 0. The average molecular weight is 571 g/mol. The van der Waals surface area contributed by atoms with E-state index in [2.05, 4.69) is 12.1 Å². The summed E-state index contributed by atoms with van der Waals surface area (Å²) in [7, 11) is -5.82. The van der Waals surface area contributed by atoms with Gasteiger partial charge in [0.25, 0.3) is 0 Å². The molecule has 0 amide bonds. The lowest BCUT2D eigenvalue weighted by Gasteiger charge is -2.20. The van der Waals surface area contributed by atoms with Crippen molar-refractivity contribution in [3.05, 3.63) is 158 Å². The standard InChI is InChI=1S/C36H28O3P2/c37-40(27-13-5-1-6-14-27,28-15-7-2-8-16-28)31-21-23-35-33(25-31)34-26-32(22-24-36(34)39-35)41(38,29-17-9-3-10-18-29)30-19-11-4-12-20-30/h1-26,37-38H/q+2. The SMILES string of the molecule is O[P+](c1ccccc1)(c1ccccc1)c1ccc2oc3ccc([P+](O)(c4ccccc4)c4ccccc4)cc3c2c1. The Labute approximate surface area is 240 Å². The summed E-state index contributed by atoms with van der Waals surface area (Å²) in [6.07, 6.45) is 0. The van der Waals surface area contributed by atoms with Crippen molar-refractivity contribution in [2.24, 2.45) is 0 Å². The van der Waals surface area contributed by atoms with E-state index in [4.69, 9.17) is 4.42 Å². The zero-order valence-corrected chi connectivity index (χ0v) is 24.0. The molecule has 1 heterocycles. The van der Waals surface area contributed by atoms with Crippen LogP contribution in [0.4, 0.5) is 0 Å². The number of hydrogen-bond donors (Lipinski definition) is 2. The average Bonchev–Trinajstić information content (AvgIpc) is 3.43. The van der Waals surface area contributed by atoms with Gasteiger partial charge in [0.15, 0.2) is 0 Å². The van der Waals surface area contributed by atoms with E-state index in [1.165, 1.54) is 0 Å². The third-order valence-electron chi connectivity index (χ3n) is 7.70. The lowest BCUT2D eigenvalue weighted by Crippen LogP contribution is -2.30. The Bertz CT molecular complexity index is 1730. The van der Waals surface area contributed by atoms with Gasteiger partial charge in [-0.1, -0.05) is 72.8 Å². The molecule has 0 spiro atoms. The molecule has 3 nitrogen and oxygen atoms in total. The van der Waals surface area contributed by atoms with Gasteiger partial charge in [0, 0.05) is 10.8 Å². The van der Waals surface area contributed by atoms with Crippen molar-refractivity contribution in [3.8, 4) is 0 Å². The van der Waals surface area contributed by atoms with Gasteiger partial charge in [-0.25, -0.2) is 9.79 Å². The van der Waals surface area contributed by atoms with Gasteiger partial charge in [-0.15, -0.1) is 0 Å². The summed E-state index contributed by atoms with van der Waals surface area (Å²) in [4.78, 5) is 25.0. The van der Waals surface area contributed by atoms with Gasteiger partial charge >= 0.3 is 0 Å². The number of furan rings is 1. The normalized spacial score (nSPS) is 12.1. The molecule has 5 heteroatoms. The first kappa shape index (κ1) is 25.8. The zero-order chi connectivity index (χ0) is 27.9. The van der Waals surface area contributed by atoms with E-state index in [0.29, 0.717) is 0 Å². The highest BCUT2D eigenvalue weighted by Gasteiger charge is 2.46. The second-order valence-electron chi connectivity index (χ2n) is 10.1. The lowest BCUT2D eigenvalue weighted by atomic mass is 10.1. The van der Waals surface area contributed by atoms with Crippen molar-refractivity contribution in [1.82, 2.24) is 0 Å². The van der Waals surface area contributed by atoms with E-state index in [-0.39, 0.29) is 0 Å². The Morgan fingerprint density at radius 3 is 0.927 bits per heavy atom. The van der Waals surface area contributed by atoms with Gasteiger partial charge in [0.2, 0.25) is 15.0 Å². The fourth-order valence-corrected chi connectivity index (χ4v) is 11.0. The monoisotopic (exact) mass is 570 g/mol. The van der Waals surface area contributed by atoms with E-state index < -0.39 is 15.0 Å². The van der Waals surface area contributed by atoms with Gasteiger partial charge < -0.3 is 4.42 Å². The number of hydrogen-bond acceptors (Lipinski definition) is 3. The van der Waals surface area contributed by atoms with Gasteiger partial charge in [0.1, 0.15) is 43.0 Å². The van der Waals surface area contributed by atoms with Crippen molar-refractivity contribution in [2.45, 2.75) is 0 Å². The molecule has 0 bridgehead atoms. The topological polar surface area (TPSA) is 53.6 Å². The molecule has 2 N–H and O–H groups in total. The molecule has 198 valence electrons. The van der Waals surface area contributed by atoms with Crippen LogP contribution in [0.5, 0.6) is 0 Å². The van der Waals surface area contributed by atoms with Crippen molar-refractivity contribution in [3.63, 3.8) is 0 Å². The summed E-state index contributed by atoms with van der Waals surface area (Å²) < 4.78 is 6.27. The largest absolute Gasteiger partial charge is 0.456 e. The molecule has 0 saturated carbocycles. The molecule has 7 aromatic rings. The minimum absolute atomic E-state index is 0.745. The summed E-state index contributed by atoms with van der Waals surface area (Å²) in [5.41, 5.74) is 1.49. The summed E-state index contributed by atoms with van der Waals surface area (Å²) in [5, 5.41) is 7.12. The minimum Gasteiger partial charge on any atom is -0.456 e. The quantitative estimate of drug-likeness (QED) is 0.242. The lowest BCUT2D eigenvalue weighted by molar-refractivity contribution is 0.632. The van der Waals surface area contributed by atoms with Crippen LogP contribution in [-0.4, -0.2) is 9.79 Å². The van der Waals surface area contributed by atoms with Crippen LogP contribution in [0.2, 0.25) is 0 Å². The Balaban J connectivity index is 1.46. The molecule has 6 aromatic carbocycles. The molecule has 0 unspecified atom stereocenters. The molecule has 0 radical (unpaired) electrons. The second-order valence-corrected chi connectivity index (χ2v) is 15.7. The maximum Gasteiger partial charge on any atom is 0.238 e. The van der Waals surface area contributed by atoms with E-state index in [1.807, 2.05) is 146 Å². The number of benzene rings is 6. The van der Waals surface area contributed by atoms with Crippen LogP contribution in [0, 0.1) is 0 Å². The van der Waals surface area contributed by atoms with E-state index in [9.17, 15) is 9.79 Å². The second kappa shape index (κ2) is 10.4. The van der Waals surface area contributed by atoms with Crippen LogP contribution in [0.1, 0.15) is 0 Å². The summed E-state index contributed by atoms with van der Waals surface area (Å²) in [6.45, 7) is 0. The van der Waals surface area contributed by atoms with Gasteiger partial charge in [-0.3, -0.25) is 0 Å². The molecule has 0 saturated heterocycles. The van der Waals surface area contributed by atoms with Crippen LogP contribution < -0.4 is 31.8 Å². The van der Waals surface area contributed by atoms with Crippen LogP contribution >= 0.6 is 15.0 Å².